The van der Waals surface area contributed by atoms with Crippen molar-refractivity contribution in [2.24, 2.45) is 0 Å². The quantitative estimate of drug-likeness (QED) is 0.784. The molecule has 1 spiro atoms. The second kappa shape index (κ2) is 7.55. The molecular weight excluding hydrogens is 388 g/mol. The fraction of sp³-hybridized carbons (Fsp3) is 0.409. The molecule has 4 rings (SSSR count). The Kier molecular flexibility index (Phi) is 5.23. The Balaban J connectivity index is 1.69. The molecule has 7 heteroatoms. The predicted octanol–water partition coefficient (Wildman–Crippen LogP) is 1.97. The molecule has 2 heterocycles. The SMILES string of the molecule is CCC(=O)N1CC2(C1)[C@H](c1ccccc1)[C@@H](CO)N2S(=O)(=O)Cc1ccccc1. The molecule has 0 bridgehead atoms. The molecule has 2 fully saturated rings. The van der Waals surface area contributed by atoms with Gasteiger partial charge < -0.3 is 10.0 Å². The molecule has 154 valence electrons. The summed E-state index contributed by atoms with van der Waals surface area (Å²) in [6.45, 7) is 2.29. The van der Waals surface area contributed by atoms with Gasteiger partial charge in [0.1, 0.15) is 0 Å². The van der Waals surface area contributed by atoms with Crippen LogP contribution in [0, 0.1) is 0 Å². The largest absolute Gasteiger partial charge is 0.395 e. The number of aliphatic hydroxyl groups excluding tert-OH is 1. The first-order valence-electron chi connectivity index (χ1n) is 9.92. The van der Waals surface area contributed by atoms with Gasteiger partial charge in [-0.1, -0.05) is 67.6 Å². The Morgan fingerprint density at radius 3 is 2.21 bits per heavy atom. The third kappa shape index (κ3) is 3.27. The number of sulfonamides is 1. The molecule has 2 aliphatic heterocycles. The maximum Gasteiger partial charge on any atom is 0.222 e. The van der Waals surface area contributed by atoms with Crippen molar-refractivity contribution in [1.29, 1.82) is 0 Å². The van der Waals surface area contributed by atoms with Crippen LogP contribution in [0.15, 0.2) is 60.7 Å². The minimum absolute atomic E-state index is 0.0234. The van der Waals surface area contributed by atoms with Crippen LogP contribution in [0.4, 0.5) is 0 Å². The number of aliphatic hydroxyl groups is 1. The third-order valence-corrected chi connectivity index (χ3v) is 8.06. The monoisotopic (exact) mass is 414 g/mol. The van der Waals surface area contributed by atoms with Gasteiger partial charge in [-0.05, 0) is 11.1 Å². The number of rotatable bonds is 6. The lowest BCUT2D eigenvalue weighted by Crippen LogP contribution is -2.85. The molecule has 2 atom stereocenters. The highest BCUT2D eigenvalue weighted by molar-refractivity contribution is 7.88. The minimum atomic E-state index is -3.67. The lowest BCUT2D eigenvalue weighted by atomic mass is 9.63. The van der Waals surface area contributed by atoms with Gasteiger partial charge in [0.2, 0.25) is 15.9 Å². The Labute approximate surface area is 171 Å². The standard InChI is InChI=1S/C22H26N2O4S/c1-2-20(26)23-15-22(16-23)21(18-11-7-4-8-12-18)19(13-25)24(22)29(27,28)14-17-9-5-3-6-10-17/h3-12,19,21,25H,2,13-16H2,1H3/t19-,21-/m1/s1. The van der Waals surface area contributed by atoms with E-state index in [-0.39, 0.29) is 24.2 Å². The predicted molar refractivity (Wildman–Crippen MR) is 111 cm³/mol. The minimum Gasteiger partial charge on any atom is -0.395 e. The van der Waals surface area contributed by atoms with Crippen LogP contribution in [0.2, 0.25) is 0 Å². The zero-order valence-corrected chi connectivity index (χ0v) is 17.3. The number of nitrogens with zero attached hydrogens (tertiary/aromatic N) is 2. The Hall–Kier alpha value is -2.22. The maximum absolute atomic E-state index is 13.4. The first kappa shape index (κ1) is 20.1. The molecule has 29 heavy (non-hydrogen) atoms. The van der Waals surface area contributed by atoms with E-state index in [1.165, 1.54) is 4.31 Å². The molecule has 0 aromatic heterocycles. The van der Waals surface area contributed by atoms with Crippen molar-refractivity contribution in [2.75, 3.05) is 19.7 Å². The van der Waals surface area contributed by atoms with Crippen LogP contribution in [0.3, 0.4) is 0 Å². The van der Waals surface area contributed by atoms with Crippen molar-refractivity contribution in [3.8, 4) is 0 Å². The summed E-state index contributed by atoms with van der Waals surface area (Å²) >= 11 is 0. The van der Waals surface area contributed by atoms with Gasteiger partial charge in [0.25, 0.3) is 0 Å². The van der Waals surface area contributed by atoms with E-state index in [1.807, 2.05) is 55.5 Å². The van der Waals surface area contributed by atoms with Crippen LogP contribution in [-0.4, -0.2) is 59.9 Å². The van der Waals surface area contributed by atoms with Crippen LogP contribution in [0.5, 0.6) is 0 Å². The topological polar surface area (TPSA) is 77.9 Å². The van der Waals surface area contributed by atoms with E-state index < -0.39 is 21.6 Å². The summed E-state index contributed by atoms with van der Waals surface area (Å²) in [6, 6.07) is 18.3. The number of benzene rings is 2. The second-order valence-corrected chi connectivity index (χ2v) is 9.73. The van der Waals surface area contributed by atoms with Gasteiger partial charge in [-0.15, -0.1) is 0 Å². The van der Waals surface area contributed by atoms with E-state index in [2.05, 4.69) is 0 Å². The molecule has 1 N–H and O–H groups in total. The Morgan fingerprint density at radius 1 is 1.07 bits per heavy atom. The van der Waals surface area contributed by atoms with Crippen molar-refractivity contribution < 1.29 is 18.3 Å². The van der Waals surface area contributed by atoms with E-state index in [9.17, 15) is 18.3 Å². The summed E-state index contributed by atoms with van der Waals surface area (Å²) in [6.07, 6.45) is 0.395. The molecule has 0 radical (unpaired) electrons. The van der Waals surface area contributed by atoms with Gasteiger partial charge in [-0.3, -0.25) is 4.79 Å². The van der Waals surface area contributed by atoms with Crippen molar-refractivity contribution in [3.63, 3.8) is 0 Å². The number of amides is 1. The average molecular weight is 415 g/mol. The summed E-state index contributed by atoms with van der Waals surface area (Å²) in [7, 11) is -3.67. The van der Waals surface area contributed by atoms with Crippen molar-refractivity contribution in [2.45, 2.75) is 36.6 Å². The molecule has 2 aromatic carbocycles. The van der Waals surface area contributed by atoms with E-state index in [1.54, 1.807) is 17.0 Å². The Bertz CT molecular complexity index is 972. The van der Waals surface area contributed by atoms with Crippen LogP contribution >= 0.6 is 0 Å². The highest BCUT2D eigenvalue weighted by Gasteiger charge is 2.69. The number of carbonyl (C=O) groups excluding carboxylic acids is 1. The van der Waals surface area contributed by atoms with Gasteiger partial charge in [-0.25, -0.2) is 8.42 Å². The second-order valence-electron chi connectivity index (χ2n) is 7.88. The van der Waals surface area contributed by atoms with E-state index >= 15 is 0 Å². The van der Waals surface area contributed by atoms with Gasteiger partial charge >= 0.3 is 0 Å². The Morgan fingerprint density at radius 2 is 1.66 bits per heavy atom. The zero-order valence-electron chi connectivity index (χ0n) is 16.4. The van der Waals surface area contributed by atoms with Gasteiger partial charge in [-0.2, -0.15) is 4.31 Å². The molecule has 2 aliphatic rings. The summed E-state index contributed by atoms with van der Waals surface area (Å²) in [4.78, 5) is 13.9. The van der Waals surface area contributed by atoms with Crippen LogP contribution in [-0.2, 0) is 20.6 Å². The number of carbonyl (C=O) groups is 1. The van der Waals surface area contributed by atoms with Crippen LogP contribution in [0.25, 0.3) is 0 Å². The molecular formula is C22H26N2O4S. The van der Waals surface area contributed by atoms with Gasteiger partial charge in [0.05, 0.1) is 23.9 Å². The van der Waals surface area contributed by atoms with Crippen molar-refractivity contribution in [3.05, 3.63) is 71.8 Å². The molecule has 2 aromatic rings. The summed E-state index contributed by atoms with van der Waals surface area (Å²) in [5, 5.41) is 10.1. The number of hydrogen-bond donors (Lipinski definition) is 1. The summed E-state index contributed by atoms with van der Waals surface area (Å²) in [5.74, 6) is -0.231. The first-order chi connectivity index (χ1) is 13.9. The molecule has 0 saturated carbocycles. The smallest absolute Gasteiger partial charge is 0.222 e. The molecule has 6 nitrogen and oxygen atoms in total. The summed E-state index contributed by atoms with van der Waals surface area (Å²) < 4.78 is 28.3. The van der Waals surface area contributed by atoms with Crippen LogP contribution in [0.1, 0.15) is 30.4 Å². The molecule has 0 aliphatic carbocycles. The zero-order chi connectivity index (χ0) is 20.6. The maximum atomic E-state index is 13.4. The summed E-state index contributed by atoms with van der Waals surface area (Å²) in [5.41, 5.74) is 1.03. The van der Waals surface area contributed by atoms with Gasteiger partial charge in [0.15, 0.2) is 0 Å². The molecule has 1 amide bonds. The number of hydrogen-bond acceptors (Lipinski definition) is 4. The fourth-order valence-corrected chi connectivity index (χ4v) is 7.08. The third-order valence-electron chi connectivity index (χ3n) is 6.13. The van der Waals surface area contributed by atoms with E-state index in [4.69, 9.17) is 0 Å². The highest BCUT2D eigenvalue weighted by Crippen LogP contribution is 2.55. The molecule has 0 unspecified atom stereocenters. The fourth-order valence-electron chi connectivity index (χ4n) is 4.94. The average Bonchev–Trinajstić information content (AvgIpc) is 2.67. The lowest BCUT2D eigenvalue weighted by molar-refractivity contribution is -0.167. The normalized spacial score (nSPS) is 23.4. The van der Waals surface area contributed by atoms with Crippen molar-refractivity contribution in [1.82, 2.24) is 9.21 Å². The number of likely N-dealkylation sites (tertiary alicyclic amines) is 1. The molecule has 2 saturated heterocycles. The first-order valence-corrected chi connectivity index (χ1v) is 11.5. The van der Waals surface area contributed by atoms with Gasteiger partial charge in [0, 0.05) is 25.4 Å². The lowest BCUT2D eigenvalue weighted by Gasteiger charge is -2.69. The van der Waals surface area contributed by atoms with Crippen molar-refractivity contribution >= 4 is 15.9 Å². The van der Waals surface area contributed by atoms with Crippen LogP contribution < -0.4 is 0 Å². The van der Waals surface area contributed by atoms with E-state index in [0.29, 0.717) is 25.1 Å². The highest BCUT2D eigenvalue weighted by atomic mass is 32.2. The van der Waals surface area contributed by atoms with E-state index in [0.717, 1.165) is 5.56 Å².